The standard InChI is InChI=1S/C19H25N3O2/c1-13-14(12-22(21-13)17-8-5-9-17)11-20-16-7-4-6-15(10-16)19(2,3)18(23)24/h4,6-7,10,12,17,20H,5,8-9,11H2,1-3H3,(H,23,24). The zero-order valence-corrected chi connectivity index (χ0v) is 14.5. The topological polar surface area (TPSA) is 67.2 Å². The van der Waals surface area contributed by atoms with Crippen molar-refractivity contribution in [3.05, 3.63) is 47.3 Å². The third kappa shape index (κ3) is 3.16. The lowest BCUT2D eigenvalue weighted by atomic mass is 9.84. The van der Waals surface area contributed by atoms with Crippen LogP contribution >= 0.6 is 0 Å². The number of aryl methyl sites for hydroxylation is 1. The Bertz CT molecular complexity index is 745. The molecule has 0 radical (unpaired) electrons. The van der Waals surface area contributed by atoms with Crippen molar-refractivity contribution in [3.8, 4) is 0 Å². The lowest BCUT2D eigenvalue weighted by Crippen LogP contribution is -2.28. The van der Waals surface area contributed by atoms with Gasteiger partial charge >= 0.3 is 5.97 Å². The monoisotopic (exact) mass is 327 g/mol. The summed E-state index contributed by atoms with van der Waals surface area (Å²) < 4.78 is 2.10. The number of anilines is 1. The van der Waals surface area contributed by atoms with Gasteiger partial charge in [-0.2, -0.15) is 5.10 Å². The van der Waals surface area contributed by atoms with Gasteiger partial charge in [-0.25, -0.2) is 0 Å². The molecule has 5 nitrogen and oxygen atoms in total. The third-order valence-corrected chi connectivity index (χ3v) is 5.07. The number of aromatic nitrogens is 2. The third-order valence-electron chi connectivity index (χ3n) is 5.07. The number of rotatable bonds is 6. The number of carboxylic acid groups (broad SMARTS) is 1. The van der Waals surface area contributed by atoms with Crippen molar-refractivity contribution in [2.45, 2.75) is 58.0 Å². The Labute approximate surface area is 142 Å². The van der Waals surface area contributed by atoms with Crippen LogP contribution in [0.5, 0.6) is 0 Å². The maximum Gasteiger partial charge on any atom is 0.313 e. The van der Waals surface area contributed by atoms with E-state index in [0.717, 1.165) is 16.9 Å². The lowest BCUT2D eigenvalue weighted by Gasteiger charge is -2.25. The summed E-state index contributed by atoms with van der Waals surface area (Å²) in [7, 11) is 0. The molecule has 2 N–H and O–H groups in total. The molecule has 0 spiro atoms. The Hall–Kier alpha value is -2.30. The second-order valence-electron chi connectivity index (χ2n) is 7.17. The van der Waals surface area contributed by atoms with E-state index in [2.05, 4.69) is 21.3 Å². The molecule has 0 atom stereocenters. The number of hydrogen-bond donors (Lipinski definition) is 2. The molecule has 0 aliphatic heterocycles. The van der Waals surface area contributed by atoms with E-state index in [9.17, 15) is 9.90 Å². The first-order chi connectivity index (χ1) is 11.4. The molecule has 1 fully saturated rings. The summed E-state index contributed by atoms with van der Waals surface area (Å²) in [6.07, 6.45) is 5.88. The average molecular weight is 327 g/mol. The Morgan fingerprint density at radius 1 is 1.42 bits per heavy atom. The number of benzene rings is 1. The number of aliphatic carboxylic acids is 1. The van der Waals surface area contributed by atoms with Crippen LogP contribution in [0.4, 0.5) is 5.69 Å². The van der Waals surface area contributed by atoms with Crippen molar-refractivity contribution in [3.63, 3.8) is 0 Å². The highest BCUT2D eigenvalue weighted by Gasteiger charge is 2.29. The van der Waals surface area contributed by atoms with E-state index in [1.165, 1.54) is 24.8 Å². The van der Waals surface area contributed by atoms with Crippen LogP contribution in [0.2, 0.25) is 0 Å². The maximum absolute atomic E-state index is 11.4. The van der Waals surface area contributed by atoms with Crippen LogP contribution in [0, 0.1) is 6.92 Å². The molecule has 1 saturated carbocycles. The fourth-order valence-corrected chi connectivity index (χ4v) is 2.87. The van der Waals surface area contributed by atoms with Gasteiger partial charge in [0.05, 0.1) is 17.2 Å². The zero-order chi connectivity index (χ0) is 17.3. The molecule has 0 unspecified atom stereocenters. The van der Waals surface area contributed by atoms with Crippen LogP contribution in [-0.4, -0.2) is 20.9 Å². The summed E-state index contributed by atoms with van der Waals surface area (Å²) in [5.41, 5.74) is 3.06. The summed E-state index contributed by atoms with van der Waals surface area (Å²) in [6, 6.07) is 8.20. The van der Waals surface area contributed by atoms with Crippen LogP contribution < -0.4 is 5.32 Å². The van der Waals surface area contributed by atoms with Crippen LogP contribution in [-0.2, 0) is 16.8 Å². The minimum atomic E-state index is -0.900. The lowest BCUT2D eigenvalue weighted by molar-refractivity contribution is -0.142. The summed E-state index contributed by atoms with van der Waals surface area (Å²) in [5.74, 6) is -0.822. The molecule has 3 rings (SSSR count). The molecule has 1 aliphatic rings. The molecule has 2 aromatic rings. The molecule has 0 saturated heterocycles. The Balaban J connectivity index is 1.71. The molecule has 5 heteroatoms. The highest BCUT2D eigenvalue weighted by molar-refractivity contribution is 5.80. The van der Waals surface area contributed by atoms with Crippen molar-refractivity contribution >= 4 is 11.7 Å². The number of nitrogens with one attached hydrogen (secondary N) is 1. The van der Waals surface area contributed by atoms with Crippen molar-refractivity contribution in [2.75, 3.05) is 5.32 Å². The molecule has 1 heterocycles. The predicted molar refractivity (Wildman–Crippen MR) is 94.3 cm³/mol. The fourth-order valence-electron chi connectivity index (χ4n) is 2.87. The minimum absolute atomic E-state index is 0.567. The normalized spacial score (nSPS) is 15.1. The predicted octanol–water partition coefficient (Wildman–Crippen LogP) is 3.89. The fraction of sp³-hybridized carbons (Fsp3) is 0.474. The second kappa shape index (κ2) is 6.30. The first-order valence-electron chi connectivity index (χ1n) is 8.50. The molecular weight excluding hydrogens is 302 g/mol. The van der Waals surface area contributed by atoms with E-state index in [1.807, 2.05) is 31.2 Å². The van der Waals surface area contributed by atoms with Gasteiger partial charge in [0.2, 0.25) is 0 Å². The van der Waals surface area contributed by atoms with E-state index in [-0.39, 0.29) is 0 Å². The van der Waals surface area contributed by atoms with Gasteiger partial charge in [0, 0.05) is 24.0 Å². The van der Waals surface area contributed by atoms with Gasteiger partial charge in [-0.15, -0.1) is 0 Å². The van der Waals surface area contributed by atoms with Crippen LogP contribution in [0.1, 0.15) is 56.0 Å². The molecule has 24 heavy (non-hydrogen) atoms. The highest BCUT2D eigenvalue weighted by Crippen LogP contribution is 2.31. The van der Waals surface area contributed by atoms with Gasteiger partial charge in [0.25, 0.3) is 0 Å². The quantitative estimate of drug-likeness (QED) is 0.844. The van der Waals surface area contributed by atoms with E-state index >= 15 is 0 Å². The largest absolute Gasteiger partial charge is 0.481 e. The first-order valence-corrected chi connectivity index (χ1v) is 8.50. The van der Waals surface area contributed by atoms with E-state index in [0.29, 0.717) is 12.6 Å². The molecule has 1 aromatic heterocycles. The smallest absolute Gasteiger partial charge is 0.313 e. The van der Waals surface area contributed by atoms with Crippen molar-refractivity contribution in [1.82, 2.24) is 9.78 Å². The van der Waals surface area contributed by atoms with Gasteiger partial charge in [0.1, 0.15) is 0 Å². The number of nitrogens with zero attached hydrogens (tertiary/aromatic N) is 2. The van der Waals surface area contributed by atoms with Crippen molar-refractivity contribution < 1.29 is 9.90 Å². The Morgan fingerprint density at radius 3 is 2.79 bits per heavy atom. The van der Waals surface area contributed by atoms with E-state index < -0.39 is 11.4 Å². The number of carbonyl (C=O) groups is 1. The number of carboxylic acids is 1. The van der Waals surface area contributed by atoms with Crippen molar-refractivity contribution in [2.24, 2.45) is 0 Å². The van der Waals surface area contributed by atoms with Gasteiger partial charge < -0.3 is 10.4 Å². The van der Waals surface area contributed by atoms with Crippen molar-refractivity contribution in [1.29, 1.82) is 0 Å². The van der Waals surface area contributed by atoms with Gasteiger partial charge in [0.15, 0.2) is 0 Å². The van der Waals surface area contributed by atoms with Crippen LogP contribution in [0.25, 0.3) is 0 Å². The first kappa shape index (κ1) is 16.6. The van der Waals surface area contributed by atoms with E-state index in [4.69, 9.17) is 0 Å². The summed E-state index contributed by atoms with van der Waals surface area (Å²) >= 11 is 0. The molecule has 0 amide bonds. The highest BCUT2D eigenvalue weighted by atomic mass is 16.4. The number of hydrogen-bond acceptors (Lipinski definition) is 3. The summed E-state index contributed by atoms with van der Waals surface area (Å²) in [5, 5.41) is 17.4. The Morgan fingerprint density at radius 2 is 2.17 bits per heavy atom. The van der Waals surface area contributed by atoms with E-state index in [1.54, 1.807) is 13.8 Å². The second-order valence-corrected chi connectivity index (χ2v) is 7.17. The van der Waals surface area contributed by atoms with Gasteiger partial charge in [-0.05, 0) is 57.7 Å². The average Bonchev–Trinajstić information content (AvgIpc) is 2.84. The zero-order valence-electron chi connectivity index (χ0n) is 14.5. The molecule has 1 aromatic carbocycles. The minimum Gasteiger partial charge on any atom is -0.481 e. The van der Waals surface area contributed by atoms with Crippen LogP contribution in [0.3, 0.4) is 0 Å². The summed E-state index contributed by atoms with van der Waals surface area (Å²) in [4.78, 5) is 11.4. The molecule has 1 aliphatic carbocycles. The molecule has 0 bridgehead atoms. The van der Waals surface area contributed by atoms with Crippen LogP contribution in [0.15, 0.2) is 30.5 Å². The van der Waals surface area contributed by atoms with Gasteiger partial charge in [-0.1, -0.05) is 12.1 Å². The molecule has 128 valence electrons. The summed E-state index contributed by atoms with van der Waals surface area (Å²) in [6.45, 7) is 6.17. The SMILES string of the molecule is Cc1nn(C2CCC2)cc1CNc1cccc(C(C)(C)C(=O)O)c1. The Kier molecular flexibility index (Phi) is 4.35. The molecular formula is C19H25N3O2. The maximum atomic E-state index is 11.4. The van der Waals surface area contributed by atoms with Gasteiger partial charge in [-0.3, -0.25) is 9.48 Å².